The van der Waals surface area contributed by atoms with E-state index in [4.69, 9.17) is 0 Å². The van der Waals surface area contributed by atoms with E-state index in [1.165, 1.54) is 30.5 Å². The molecule has 0 saturated carbocycles. The number of carbonyl (C=O) groups excluding carboxylic acids is 1. The van der Waals surface area contributed by atoms with Gasteiger partial charge in [-0.05, 0) is 42.0 Å². The summed E-state index contributed by atoms with van der Waals surface area (Å²) in [5.41, 5.74) is 1.06. The zero-order chi connectivity index (χ0) is 22.0. The van der Waals surface area contributed by atoms with Gasteiger partial charge >= 0.3 is 6.36 Å². The minimum absolute atomic E-state index is 0.0813. The number of fused-ring (bicyclic) bond motifs is 1. The van der Waals surface area contributed by atoms with Gasteiger partial charge in [0, 0.05) is 30.4 Å². The highest BCUT2D eigenvalue weighted by Gasteiger charge is 2.31. The van der Waals surface area contributed by atoms with Gasteiger partial charge in [0.2, 0.25) is 0 Å². The number of aromatic nitrogens is 3. The van der Waals surface area contributed by atoms with E-state index in [9.17, 15) is 22.4 Å². The van der Waals surface area contributed by atoms with Gasteiger partial charge in [-0.25, -0.2) is 9.37 Å². The molecular formula is C21H14F4N4O2. The van der Waals surface area contributed by atoms with Crippen LogP contribution in [0.15, 0.2) is 73.3 Å². The summed E-state index contributed by atoms with van der Waals surface area (Å²) < 4.78 is 57.3. The summed E-state index contributed by atoms with van der Waals surface area (Å²) in [6.45, 7) is 0. The van der Waals surface area contributed by atoms with Gasteiger partial charge in [-0.3, -0.25) is 9.78 Å². The van der Waals surface area contributed by atoms with Crippen LogP contribution in [0.4, 0.5) is 17.6 Å². The van der Waals surface area contributed by atoms with E-state index in [0.29, 0.717) is 11.2 Å². The lowest BCUT2D eigenvalue weighted by Crippen LogP contribution is -2.30. The highest BCUT2D eigenvalue weighted by atomic mass is 19.4. The number of ether oxygens (including phenoxy) is 1. The molecule has 1 amide bonds. The first kappa shape index (κ1) is 20.3. The van der Waals surface area contributed by atoms with Crippen molar-refractivity contribution in [1.29, 1.82) is 0 Å². The second kappa shape index (κ2) is 8.05. The summed E-state index contributed by atoms with van der Waals surface area (Å²) >= 11 is 0. The van der Waals surface area contributed by atoms with Crippen LogP contribution in [0.25, 0.3) is 5.65 Å². The number of imidazole rings is 1. The van der Waals surface area contributed by atoms with E-state index < -0.39 is 29.9 Å². The van der Waals surface area contributed by atoms with Crippen LogP contribution in [-0.2, 0) is 0 Å². The van der Waals surface area contributed by atoms with E-state index in [0.717, 1.165) is 12.1 Å². The minimum atomic E-state index is -4.84. The van der Waals surface area contributed by atoms with Gasteiger partial charge < -0.3 is 14.5 Å². The number of hydrogen-bond acceptors (Lipinski definition) is 4. The Morgan fingerprint density at radius 2 is 1.81 bits per heavy atom. The molecule has 0 fully saturated rings. The lowest BCUT2D eigenvalue weighted by atomic mass is 10.0. The molecule has 31 heavy (non-hydrogen) atoms. The summed E-state index contributed by atoms with van der Waals surface area (Å²) in [6, 6.07) is 9.42. The van der Waals surface area contributed by atoms with Crippen LogP contribution in [0.3, 0.4) is 0 Å². The number of rotatable bonds is 5. The van der Waals surface area contributed by atoms with E-state index in [2.05, 4.69) is 20.0 Å². The van der Waals surface area contributed by atoms with Crippen LogP contribution >= 0.6 is 0 Å². The van der Waals surface area contributed by atoms with Crippen LogP contribution < -0.4 is 10.1 Å². The van der Waals surface area contributed by atoms with Gasteiger partial charge in [0.1, 0.15) is 22.9 Å². The van der Waals surface area contributed by atoms with Crippen molar-refractivity contribution in [2.24, 2.45) is 0 Å². The molecule has 4 aromatic rings. The van der Waals surface area contributed by atoms with Gasteiger partial charge in [0.05, 0.1) is 6.04 Å². The first-order chi connectivity index (χ1) is 14.8. The first-order valence-electron chi connectivity index (χ1n) is 9.00. The number of carbonyl (C=O) groups is 1. The number of halogens is 4. The fourth-order valence-corrected chi connectivity index (χ4v) is 3.05. The fourth-order valence-electron chi connectivity index (χ4n) is 3.05. The molecule has 0 bridgehead atoms. The molecule has 3 heterocycles. The molecule has 10 heteroatoms. The summed E-state index contributed by atoms with van der Waals surface area (Å²) in [7, 11) is 0. The van der Waals surface area contributed by atoms with Crippen molar-refractivity contribution in [1.82, 2.24) is 19.7 Å². The number of hydrogen-bond donors (Lipinski definition) is 1. The predicted octanol–water partition coefficient (Wildman–Crippen LogP) is 4.29. The quantitative estimate of drug-likeness (QED) is 0.480. The third-order valence-electron chi connectivity index (χ3n) is 4.44. The molecule has 0 aliphatic heterocycles. The van der Waals surface area contributed by atoms with Crippen molar-refractivity contribution in [3.8, 4) is 5.75 Å². The van der Waals surface area contributed by atoms with Crippen LogP contribution in [-0.4, -0.2) is 26.6 Å². The highest BCUT2D eigenvalue weighted by molar-refractivity contribution is 5.95. The van der Waals surface area contributed by atoms with Crippen LogP contribution in [0.2, 0.25) is 0 Å². The van der Waals surface area contributed by atoms with Gasteiger partial charge in [0.25, 0.3) is 5.91 Å². The maximum absolute atomic E-state index is 14.4. The summed E-state index contributed by atoms with van der Waals surface area (Å²) in [5.74, 6) is -1.64. The second-order valence-electron chi connectivity index (χ2n) is 6.50. The van der Waals surface area contributed by atoms with E-state index >= 15 is 0 Å². The Bertz CT molecular complexity index is 1220. The van der Waals surface area contributed by atoms with Gasteiger partial charge in [-0.15, -0.1) is 13.2 Å². The van der Waals surface area contributed by atoms with Crippen molar-refractivity contribution >= 4 is 11.6 Å². The number of benzene rings is 1. The van der Waals surface area contributed by atoms with Crippen LogP contribution in [0.5, 0.6) is 5.75 Å². The summed E-state index contributed by atoms with van der Waals surface area (Å²) in [4.78, 5) is 21.0. The van der Waals surface area contributed by atoms with Crippen molar-refractivity contribution in [2.75, 3.05) is 0 Å². The SMILES string of the molecule is O=C(N[C@@H](c1ccc(OC(F)(F)F)cc1)c1ncccc1F)c1ccn2ccnc2c1. The smallest absolute Gasteiger partial charge is 0.406 e. The Balaban J connectivity index is 1.66. The Hall–Kier alpha value is -3.95. The normalized spacial score (nSPS) is 12.5. The average molecular weight is 430 g/mol. The Kier molecular flexibility index (Phi) is 5.28. The minimum Gasteiger partial charge on any atom is -0.406 e. The van der Waals surface area contributed by atoms with Gasteiger partial charge in [-0.1, -0.05) is 12.1 Å². The molecule has 1 aromatic carbocycles. The summed E-state index contributed by atoms with van der Waals surface area (Å²) in [6.07, 6.45) is 1.46. The number of nitrogens with one attached hydrogen (secondary N) is 1. The molecule has 4 rings (SSSR count). The zero-order valence-corrected chi connectivity index (χ0v) is 15.7. The second-order valence-corrected chi connectivity index (χ2v) is 6.50. The Morgan fingerprint density at radius 1 is 1.03 bits per heavy atom. The number of nitrogens with zero attached hydrogens (tertiary/aromatic N) is 3. The van der Waals surface area contributed by atoms with Gasteiger partial charge in [0.15, 0.2) is 0 Å². The molecule has 0 spiro atoms. The van der Waals surface area contributed by atoms with Crippen molar-refractivity contribution < 1.29 is 27.1 Å². The molecule has 0 saturated heterocycles. The molecule has 1 atom stereocenters. The van der Waals surface area contributed by atoms with Gasteiger partial charge in [-0.2, -0.15) is 0 Å². The number of alkyl halides is 3. The van der Waals surface area contributed by atoms with Crippen molar-refractivity contribution in [3.05, 3.63) is 96.0 Å². The largest absolute Gasteiger partial charge is 0.573 e. The Morgan fingerprint density at radius 3 is 2.52 bits per heavy atom. The molecule has 1 N–H and O–H groups in total. The number of pyridine rings is 2. The molecule has 3 aromatic heterocycles. The molecule has 0 aliphatic carbocycles. The molecule has 6 nitrogen and oxygen atoms in total. The van der Waals surface area contributed by atoms with Crippen molar-refractivity contribution in [3.63, 3.8) is 0 Å². The van der Waals surface area contributed by atoms with E-state index in [1.54, 1.807) is 35.1 Å². The van der Waals surface area contributed by atoms with Crippen LogP contribution in [0, 0.1) is 5.82 Å². The molecule has 0 unspecified atom stereocenters. The molecular weight excluding hydrogens is 416 g/mol. The van der Waals surface area contributed by atoms with Crippen molar-refractivity contribution in [2.45, 2.75) is 12.4 Å². The highest BCUT2D eigenvalue weighted by Crippen LogP contribution is 2.28. The fraction of sp³-hybridized carbons (Fsp3) is 0.0952. The standard InChI is InChI=1S/C21H14F4N4O2/c22-16-2-1-8-27-19(16)18(13-3-5-15(6-4-13)31-21(23,24)25)28-20(30)14-7-10-29-11-9-26-17(29)12-14/h1-12,18H,(H,28,30)/t18-/m0/s1. The van der Waals surface area contributed by atoms with E-state index in [-0.39, 0.29) is 11.3 Å². The predicted molar refractivity (Wildman–Crippen MR) is 102 cm³/mol. The van der Waals surface area contributed by atoms with E-state index in [1.807, 2.05) is 0 Å². The molecule has 0 aliphatic rings. The Labute approximate surface area is 173 Å². The lowest BCUT2D eigenvalue weighted by Gasteiger charge is -2.20. The summed E-state index contributed by atoms with van der Waals surface area (Å²) in [5, 5.41) is 2.69. The lowest BCUT2D eigenvalue weighted by molar-refractivity contribution is -0.274. The third kappa shape index (κ3) is 4.63. The molecule has 158 valence electrons. The molecule has 0 radical (unpaired) electrons. The monoisotopic (exact) mass is 430 g/mol. The average Bonchev–Trinajstić information content (AvgIpc) is 3.20. The number of amides is 1. The first-order valence-corrected chi connectivity index (χ1v) is 9.00. The maximum Gasteiger partial charge on any atom is 0.573 e. The van der Waals surface area contributed by atoms with Crippen LogP contribution in [0.1, 0.15) is 27.7 Å². The third-order valence-corrected chi connectivity index (χ3v) is 4.44. The maximum atomic E-state index is 14.4. The topological polar surface area (TPSA) is 68.5 Å². The zero-order valence-electron chi connectivity index (χ0n) is 15.7.